The summed E-state index contributed by atoms with van der Waals surface area (Å²) >= 11 is 0. The van der Waals surface area contributed by atoms with Crippen LogP contribution < -0.4 is 4.90 Å². The molecule has 1 fully saturated rings. The molecule has 122 valence electrons. The number of rotatable bonds is 1. The van der Waals surface area contributed by atoms with Crippen molar-refractivity contribution in [2.45, 2.75) is 11.8 Å². The number of amides is 2. The van der Waals surface area contributed by atoms with Crippen molar-refractivity contribution in [2.75, 3.05) is 25.0 Å². The second-order valence-electron chi connectivity index (χ2n) is 6.42. The molecule has 1 saturated heterocycles. The third-order valence-electron chi connectivity index (χ3n) is 5.16. The van der Waals surface area contributed by atoms with Gasteiger partial charge in [0.25, 0.3) is 5.91 Å². The van der Waals surface area contributed by atoms with Crippen molar-refractivity contribution in [1.82, 2.24) is 4.90 Å². The van der Waals surface area contributed by atoms with Gasteiger partial charge in [0.15, 0.2) is 0 Å². The summed E-state index contributed by atoms with van der Waals surface area (Å²) in [5.74, 6) is -0.879. The number of benzene rings is 2. The summed E-state index contributed by atoms with van der Waals surface area (Å²) in [5.41, 5.74) is 1.21. The number of hydrogen-bond donors (Lipinski definition) is 0. The number of likely N-dealkylation sites (tertiary alicyclic amines) is 1. The third kappa shape index (κ3) is 1.90. The molecular formula is C19H17FN2O2. The van der Waals surface area contributed by atoms with Gasteiger partial charge in [-0.15, -0.1) is 0 Å². The zero-order valence-electron chi connectivity index (χ0n) is 13.3. The molecule has 2 aromatic carbocycles. The SMILES string of the molecule is CN1C(=O)[C@]2(CCN(C(=O)c3ccccc3F)C2)c2ccccc21. The van der Waals surface area contributed by atoms with Crippen molar-refractivity contribution in [1.29, 1.82) is 0 Å². The molecule has 1 atom stereocenters. The molecule has 0 N–H and O–H groups in total. The standard InChI is InChI=1S/C19H17FN2O2/c1-21-16-9-5-3-7-14(16)19(18(21)24)10-11-22(12-19)17(23)13-6-2-4-8-15(13)20/h2-9H,10-12H2,1H3/t19-/m0/s1. The van der Waals surface area contributed by atoms with Crippen molar-refractivity contribution >= 4 is 17.5 Å². The Kier molecular flexibility index (Phi) is 3.20. The number of hydrogen-bond acceptors (Lipinski definition) is 2. The van der Waals surface area contributed by atoms with E-state index in [9.17, 15) is 14.0 Å². The normalized spacial score (nSPS) is 22.3. The highest BCUT2D eigenvalue weighted by Gasteiger charge is 2.54. The molecule has 24 heavy (non-hydrogen) atoms. The molecule has 0 unspecified atom stereocenters. The Balaban J connectivity index is 1.69. The van der Waals surface area contributed by atoms with Gasteiger partial charge >= 0.3 is 0 Å². The molecule has 0 bridgehead atoms. The molecule has 0 saturated carbocycles. The third-order valence-corrected chi connectivity index (χ3v) is 5.16. The maximum Gasteiger partial charge on any atom is 0.256 e. The fourth-order valence-corrected chi connectivity index (χ4v) is 3.90. The first-order valence-electron chi connectivity index (χ1n) is 7.96. The van der Waals surface area contributed by atoms with E-state index in [0.717, 1.165) is 11.3 Å². The van der Waals surface area contributed by atoms with Crippen LogP contribution in [0.4, 0.5) is 10.1 Å². The van der Waals surface area contributed by atoms with Crippen LogP contribution in [0.5, 0.6) is 0 Å². The Morgan fingerprint density at radius 1 is 1.12 bits per heavy atom. The molecule has 2 aromatic rings. The molecule has 2 aliphatic heterocycles. The van der Waals surface area contributed by atoms with E-state index in [1.807, 2.05) is 24.3 Å². The molecule has 1 spiro atoms. The topological polar surface area (TPSA) is 40.6 Å². The quantitative estimate of drug-likeness (QED) is 0.809. The number of halogens is 1. The predicted octanol–water partition coefficient (Wildman–Crippen LogP) is 2.59. The van der Waals surface area contributed by atoms with Crippen LogP contribution in [0.3, 0.4) is 0 Å². The summed E-state index contributed by atoms with van der Waals surface area (Å²) in [6, 6.07) is 13.7. The van der Waals surface area contributed by atoms with Gasteiger partial charge in [-0.25, -0.2) is 4.39 Å². The lowest BCUT2D eigenvalue weighted by Gasteiger charge is -2.23. The fourth-order valence-electron chi connectivity index (χ4n) is 3.90. The van der Waals surface area contributed by atoms with E-state index in [-0.39, 0.29) is 17.4 Å². The van der Waals surface area contributed by atoms with Gasteiger partial charge in [-0.05, 0) is 30.2 Å². The minimum atomic E-state index is -0.702. The van der Waals surface area contributed by atoms with Crippen molar-refractivity contribution in [3.63, 3.8) is 0 Å². The van der Waals surface area contributed by atoms with Crippen LogP contribution in [0.15, 0.2) is 48.5 Å². The summed E-state index contributed by atoms with van der Waals surface area (Å²) in [4.78, 5) is 28.8. The first-order valence-corrected chi connectivity index (χ1v) is 7.96. The first-order chi connectivity index (χ1) is 11.5. The van der Waals surface area contributed by atoms with Gasteiger partial charge in [0, 0.05) is 25.8 Å². The van der Waals surface area contributed by atoms with E-state index in [0.29, 0.717) is 19.5 Å². The highest BCUT2D eigenvalue weighted by Crippen LogP contribution is 2.46. The Hall–Kier alpha value is -2.69. The van der Waals surface area contributed by atoms with Crippen molar-refractivity contribution < 1.29 is 14.0 Å². The lowest BCUT2D eigenvalue weighted by Crippen LogP contribution is -2.42. The fraction of sp³-hybridized carbons (Fsp3) is 0.263. The molecule has 5 heteroatoms. The van der Waals surface area contributed by atoms with Crippen molar-refractivity contribution in [3.8, 4) is 0 Å². The second-order valence-corrected chi connectivity index (χ2v) is 6.42. The predicted molar refractivity (Wildman–Crippen MR) is 88.5 cm³/mol. The van der Waals surface area contributed by atoms with Gasteiger partial charge < -0.3 is 9.80 Å². The molecule has 2 amide bonds. The van der Waals surface area contributed by atoms with Gasteiger partial charge in [0.1, 0.15) is 5.82 Å². The maximum absolute atomic E-state index is 13.9. The maximum atomic E-state index is 13.9. The van der Waals surface area contributed by atoms with E-state index in [1.165, 1.54) is 12.1 Å². The van der Waals surface area contributed by atoms with Crippen LogP contribution in [0, 0.1) is 5.82 Å². The Morgan fingerprint density at radius 3 is 2.62 bits per heavy atom. The monoisotopic (exact) mass is 324 g/mol. The lowest BCUT2D eigenvalue weighted by molar-refractivity contribution is -0.122. The van der Waals surface area contributed by atoms with Crippen LogP contribution in [0.25, 0.3) is 0 Å². The number of nitrogens with zero attached hydrogens (tertiary/aromatic N) is 2. The molecular weight excluding hydrogens is 307 g/mol. The van der Waals surface area contributed by atoms with E-state index >= 15 is 0 Å². The molecule has 0 aromatic heterocycles. The van der Waals surface area contributed by atoms with Crippen LogP contribution in [-0.4, -0.2) is 36.9 Å². The highest BCUT2D eigenvalue weighted by atomic mass is 19.1. The van der Waals surface area contributed by atoms with Gasteiger partial charge in [-0.2, -0.15) is 0 Å². The van der Waals surface area contributed by atoms with Gasteiger partial charge in [-0.1, -0.05) is 30.3 Å². The van der Waals surface area contributed by atoms with E-state index in [2.05, 4.69) is 0 Å². The molecule has 4 rings (SSSR count). The Morgan fingerprint density at radius 2 is 1.83 bits per heavy atom. The highest BCUT2D eigenvalue weighted by molar-refractivity contribution is 6.09. The summed E-state index contributed by atoms with van der Waals surface area (Å²) in [6.45, 7) is 0.738. The van der Waals surface area contributed by atoms with Crippen molar-refractivity contribution in [3.05, 3.63) is 65.5 Å². The Bertz CT molecular complexity index is 851. The molecule has 0 radical (unpaired) electrons. The zero-order chi connectivity index (χ0) is 16.9. The van der Waals surface area contributed by atoms with Gasteiger partial charge in [-0.3, -0.25) is 9.59 Å². The number of para-hydroxylation sites is 1. The number of carbonyl (C=O) groups is 2. The Labute approximate surface area is 139 Å². The average molecular weight is 324 g/mol. The lowest BCUT2D eigenvalue weighted by atomic mass is 9.81. The van der Waals surface area contributed by atoms with Crippen LogP contribution in [-0.2, 0) is 10.2 Å². The van der Waals surface area contributed by atoms with Crippen LogP contribution in [0.1, 0.15) is 22.3 Å². The summed E-state index contributed by atoms with van der Waals surface area (Å²) in [7, 11) is 1.76. The largest absolute Gasteiger partial charge is 0.337 e. The summed E-state index contributed by atoms with van der Waals surface area (Å²) in [6.07, 6.45) is 0.563. The molecule has 0 aliphatic carbocycles. The average Bonchev–Trinajstić information content (AvgIpc) is 3.14. The van der Waals surface area contributed by atoms with E-state index in [4.69, 9.17) is 0 Å². The number of anilines is 1. The smallest absolute Gasteiger partial charge is 0.256 e. The number of likely N-dealkylation sites (N-methyl/N-ethyl adjacent to an activating group) is 1. The molecule has 2 aliphatic rings. The summed E-state index contributed by atoms with van der Waals surface area (Å²) < 4.78 is 13.9. The second kappa shape index (κ2) is 5.16. The number of fused-ring (bicyclic) bond motifs is 2. The first kappa shape index (κ1) is 14.9. The van der Waals surface area contributed by atoms with Crippen LogP contribution in [0.2, 0.25) is 0 Å². The summed E-state index contributed by atoms with van der Waals surface area (Å²) in [5, 5.41) is 0. The van der Waals surface area contributed by atoms with E-state index < -0.39 is 11.2 Å². The minimum Gasteiger partial charge on any atom is -0.337 e. The van der Waals surface area contributed by atoms with E-state index in [1.54, 1.807) is 29.0 Å². The zero-order valence-corrected chi connectivity index (χ0v) is 13.3. The van der Waals surface area contributed by atoms with Gasteiger partial charge in [0.05, 0.1) is 11.0 Å². The van der Waals surface area contributed by atoms with Crippen molar-refractivity contribution in [2.24, 2.45) is 0 Å². The van der Waals surface area contributed by atoms with Crippen LogP contribution >= 0.6 is 0 Å². The number of carbonyl (C=O) groups excluding carboxylic acids is 2. The molecule has 4 nitrogen and oxygen atoms in total. The molecule has 2 heterocycles. The minimum absolute atomic E-state index is 0.00698. The van der Waals surface area contributed by atoms with Gasteiger partial charge in [0.2, 0.25) is 5.91 Å².